The Balaban J connectivity index is 1.54. The molecule has 150 valence electrons. The van der Waals surface area contributed by atoms with E-state index in [-0.39, 0.29) is 11.4 Å². The molecule has 0 bridgehead atoms. The molecule has 7 heteroatoms. The van der Waals surface area contributed by atoms with E-state index in [9.17, 15) is 14.3 Å². The van der Waals surface area contributed by atoms with Gasteiger partial charge in [0.25, 0.3) is 0 Å². The van der Waals surface area contributed by atoms with Crippen LogP contribution in [-0.2, 0) is 12.8 Å². The smallest absolute Gasteiger partial charge is 0.339 e. The molecule has 29 heavy (non-hydrogen) atoms. The summed E-state index contributed by atoms with van der Waals surface area (Å²) in [5.41, 5.74) is 1.83. The number of halogens is 1. The quantitative estimate of drug-likeness (QED) is 0.505. The molecule has 2 N–H and O–H groups in total. The standard InChI is InChI=1S/C22H22FN3O3/c23-17-9-11-18(12-10-17)29-14-13-24-22-25-15-19(21(27)28)20(26-22)8-4-7-16-5-2-1-3-6-16/h1-3,5-6,9-12,15H,4,7-8,13-14H2,(H,27,28)(H,24,25,26). The van der Waals surface area contributed by atoms with Gasteiger partial charge in [-0.25, -0.2) is 19.2 Å². The zero-order valence-electron chi connectivity index (χ0n) is 15.8. The third-order valence-electron chi connectivity index (χ3n) is 4.29. The average molecular weight is 395 g/mol. The molecule has 1 heterocycles. The van der Waals surface area contributed by atoms with Gasteiger partial charge < -0.3 is 15.2 Å². The number of anilines is 1. The van der Waals surface area contributed by atoms with Crippen molar-refractivity contribution in [2.75, 3.05) is 18.5 Å². The third kappa shape index (κ3) is 6.27. The van der Waals surface area contributed by atoms with Gasteiger partial charge in [0, 0.05) is 6.20 Å². The Morgan fingerprint density at radius 3 is 2.55 bits per heavy atom. The number of aromatic nitrogens is 2. The molecule has 1 aromatic heterocycles. The van der Waals surface area contributed by atoms with Crippen molar-refractivity contribution in [3.63, 3.8) is 0 Å². The van der Waals surface area contributed by atoms with Gasteiger partial charge in [-0.3, -0.25) is 0 Å². The SMILES string of the molecule is O=C(O)c1cnc(NCCOc2ccc(F)cc2)nc1CCCc1ccccc1. The molecule has 0 unspecified atom stereocenters. The average Bonchev–Trinajstić information content (AvgIpc) is 2.73. The molecule has 0 saturated heterocycles. The first-order valence-corrected chi connectivity index (χ1v) is 9.37. The zero-order chi connectivity index (χ0) is 20.5. The number of carbonyl (C=O) groups is 1. The minimum absolute atomic E-state index is 0.117. The first-order chi connectivity index (χ1) is 14.1. The maximum atomic E-state index is 12.9. The van der Waals surface area contributed by atoms with E-state index in [1.54, 1.807) is 12.1 Å². The van der Waals surface area contributed by atoms with Gasteiger partial charge >= 0.3 is 5.97 Å². The van der Waals surface area contributed by atoms with E-state index in [1.165, 1.54) is 23.9 Å². The van der Waals surface area contributed by atoms with Crippen LogP contribution in [0.1, 0.15) is 28.0 Å². The second-order valence-corrected chi connectivity index (χ2v) is 6.43. The lowest BCUT2D eigenvalue weighted by Gasteiger charge is -2.10. The van der Waals surface area contributed by atoms with Crippen LogP contribution in [0.25, 0.3) is 0 Å². The third-order valence-corrected chi connectivity index (χ3v) is 4.29. The summed E-state index contributed by atoms with van der Waals surface area (Å²) < 4.78 is 18.4. The van der Waals surface area contributed by atoms with Gasteiger partial charge in [-0.15, -0.1) is 0 Å². The predicted octanol–water partition coefficient (Wildman–Crippen LogP) is 3.98. The molecule has 0 aliphatic heterocycles. The molecule has 0 saturated carbocycles. The molecular formula is C22H22FN3O3. The van der Waals surface area contributed by atoms with Gasteiger partial charge in [-0.2, -0.15) is 0 Å². The maximum Gasteiger partial charge on any atom is 0.339 e. The van der Waals surface area contributed by atoms with Crippen LogP contribution in [0.15, 0.2) is 60.8 Å². The summed E-state index contributed by atoms with van der Waals surface area (Å²) >= 11 is 0. The Morgan fingerprint density at radius 1 is 1.07 bits per heavy atom. The van der Waals surface area contributed by atoms with Crippen molar-refractivity contribution in [2.24, 2.45) is 0 Å². The molecule has 3 aromatic rings. The number of aryl methyl sites for hydroxylation is 2. The van der Waals surface area contributed by atoms with Gasteiger partial charge in [-0.1, -0.05) is 30.3 Å². The second-order valence-electron chi connectivity index (χ2n) is 6.43. The highest BCUT2D eigenvalue weighted by molar-refractivity contribution is 5.88. The van der Waals surface area contributed by atoms with Crippen LogP contribution < -0.4 is 10.1 Å². The Hall–Kier alpha value is -3.48. The van der Waals surface area contributed by atoms with Crippen molar-refractivity contribution in [2.45, 2.75) is 19.3 Å². The van der Waals surface area contributed by atoms with E-state index in [1.807, 2.05) is 30.3 Å². The highest BCUT2D eigenvalue weighted by Gasteiger charge is 2.13. The summed E-state index contributed by atoms with van der Waals surface area (Å²) in [6.45, 7) is 0.756. The lowest BCUT2D eigenvalue weighted by molar-refractivity contribution is 0.0694. The van der Waals surface area contributed by atoms with Gasteiger partial charge in [0.15, 0.2) is 0 Å². The summed E-state index contributed by atoms with van der Waals surface area (Å²) in [6, 6.07) is 15.8. The zero-order valence-corrected chi connectivity index (χ0v) is 15.8. The number of carboxylic acids is 1. The van der Waals surface area contributed by atoms with E-state index < -0.39 is 5.97 Å². The van der Waals surface area contributed by atoms with Gasteiger partial charge in [0.1, 0.15) is 18.2 Å². The molecular weight excluding hydrogens is 373 g/mol. The van der Waals surface area contributed by atoms with Gasteiger partial charge in [0.05, 0.1) is 17.8 Å². The normalized spacial score (nSPS) is 10.5. The summed E-state index contributed by atoms with van der Waals surface area (Å²) in [6.07, 6.45) is 3.50. The number of nitrogens with one attached hydrogen (secondary N) is 1. The molecule has 0 fully saturated rings. The van der Waals surface area contributed by atoms with Crippen LogP contribution in [0.3, 0.4) is 0 Å². The van der Waals surface area contributed by atoms with E-state index in [4.69, 9.17) is 4.74 Å². The van der Waals surface area contributed by atoms with Crippen molar-refractivity contribution < 1.29 is 19.0 Å². The summed E-state index contributed by atoms with van der Waals surface area (Å²) in [5.74, 6) is -0.433. The lowest BCUT2D eigenvalue weighted by Crippen LogP contribution is -2.15. The Bertz CT molecular complexity index is 934. The molecule has 0 amide bonds. The Labute approximate surface area is 168 Å². The van der Waals surface area contributed by atoms with Crippen LogP contribution in [0.5, 0.6) is 5.75 Å². The fraction of sp³-hybridized carbons (Fsp3) is 0.227. The summed E-state index contributed by atoms with van der Waals surface area (Å²) in [5, 5.41) is 12.4. The summed E-state index contributed by atoms with van der Waals surface area (Å²) in [4.78, 5) is 19.9. The van der Waals surface area contributed by atoms with Gasteiger partial charge in [0.2, 0.25) is 5.95 Å². The molecule has 3 rings (SSSR count). The molecule has 0 aliphatic rings. The van der Waals surface area contributed by atoms with E-state index in [0.717, 1.165) is 12.8 Å². The van der Waals surface area contributed by atoms with E-state index in [2.05, 4.69) is 15.3 Å². The summed E-state index contributed by atoms with van der Waals surface area (Å²) in [7, 11) is 0. The molecule has 2 aromatic carbocycles. The van der Waals surface area contributed by atoms with Crippen molar-refractivity contribution in [3.8, 4) is 5.75 Å². The van der Waals surface area contributed by atoms with Crippen molar-refractivity contribution >= 4 is 11.9 Å². The van der Waals surface area contributed by atoms with E-state index in [0.29, 0.717) is 37.0 Å². The number of ether oxygens (including phenoxy) is 1. The second kappa shape index (κ2) is 10.2. The number of carboxylic acid groups (broad SMARTS) is 1. The fourth-order valence-corrected chi connectivity index (χ4v) is 2.84. The number of hydrogen-bond acceptors (Lipinski definition) is 5. The number of nitrogens with zero attached hydrogens (tertiary/aromatic N) is 2. The Morgan fingerprint density at radius 2 is 1.83 bits per heavy atom. The van der Waals surface area contributed by atoms with Crippen LogP contribution >= 0.6 is 0 Å². The minimum Gasteiger partial charge on any atom is -0.492 e. The lowest BCUT2D eigenvalue weighted by atomic mass is 10.1. The van der Waals surface area contributed by atoms with Crippen molar-refractivity contribution in [1.29, 1.82) is 0 Å². The molecule has 0 spiro atoms. The Kier molecular flexibility index (Phi) is 7.10. The predicted molar refractivity (Wildman–Crippen MR) is 108 cm³/mol. The van der Waals surface area contributed by atoms with Crippen LogP contribution in [0.2, 0.25) is 0 Å². The molecule has 0 atom stereocenters. The number of hydrogen-bond donors (Lipinski definition) is 2. The van der Waals surface area contributed by atoms with Crippen LogP contribution in [-0.4, -0.2) is 34.2 Å². The first-order valence-electron chi connectivity index (χ1n) is 9.37. The van der Waals surface area contributed by atoms with Crippen LogP contribution in [0, 0.1) is 5.82 Å². The highest BCUT2D eigenvalue weighted by Crippen LogP contribution is 2.14. The van der Waals surface area contributed by atoms with Crippen LogP contribution in [0.4, 0.5) is 10.3 Å². The maximum absolute atomic E-state index is 12.9. The van der Waals surface area contributed by atoms with Gasteiger partial charge in [-0.05, 0) is 49.1 Å². The number of benzene rings is 2. The minimum atomic E-state index is -1.04. The fourth-order valence-electron chi connectivity index (χ4n) is 2.84. The van der Waals surface area contributed by atoms with Crippen molar-refractivity contribution in [1.82, 2.24) is 9.97 Å². The first kappa shape index (κ1) is 20.3. The molecule has 0 radical (unpaired) electrons. The largest absolute Gasteiger partial charge is 0.492 e. The molecule has 0 aliphatic carbocycles. The topological polar surface area (TPSA) is 84.3 Å². The number of aromatic carboxylic acids is 1. The molecule has 6 nitrogen and oxygen atoms in total. The number of rotatable bonds is 10. The monoisotopic (exact) mass is 395 g/mol. The van der Waals surface area contributed by atoms with E-state index >= 15 is 0 Å². The van der Waals surface area contributed by atoms with Crippen molar-refractivity contribution in [3.05, 3.63) is 83.4 Å². The highest BCUT2D eigenvalue weighted by atomic mass is 19.1.